The lowest BCUT2D eigenvalue weighted by Crippen LogP contribution is -2.31. The van der Waals surface area contributed by atoms with Crippen molar-refractivity contribution in [2.75, 3.05) is 12.3 Å². The largest absolute Gasteiger partial charge is 0.350 e. The summed E-state index contributed by atoms with van der Waals surface area (Å²) in [4.78, 5) is 14.7. The molecule has 1 atom stereocenters. The Labute approximate surface area is 125 Å². The Hall–Kier alpha value is -0.000000000000000111. The van der Waals surface area contributed by atoms with E-state index in [2.05, 4.69) is 41.2 Å². The predicted octanol–water partition coefficient (Wildman–Crippen LogP) is 3.69. The Morgan fingerprint density at radius 2 is 2.33 bits per heavy atom. The van der Waals surface area contributed by atoms with E-state index in [0.717, 1.165) is 17.1 Å². The third kappa shape index (κ3) is 3.52. The smallest absolute Gasteiger partial charge is 0.261 e. The molecular weight excluding hydrogens is 330 g/mol. The molecule has 5 heteroatoms. The van der Waals surface area contributed by atoms with Gasteiger partial charge >= 0.3 is 0 Å². The standard InChI is InChI=1S/C13H18BrNOS2/c1-8(2)10(14)6-15-13(16)12-5-9-7-17-4-3-11(9)18-12/h5,8,10H,3-4,6-7H2,1-2H3,(H,15,16). The second-order valence-corrected chi connectivity index (χ2v) is 8.25. The van der Waals surface area contributed by atoms with E-state index in [4.69, 9.17) is 0 Å². The monoisotopic (exact) mass is 347 g/mol. The van der Waals surface area contributed by atoms with Crippen LogP contribution in [-0.4, -0.2) is 23.0 Å². The molecule has 0 radical (unpaired) electrons. The number of nitrogens with one attached hydrogen (secondary N) is 1. The zero-order valence-corrected chi connectivity index (χ0v) is 13.9. The van der Waals surface area contributed by atoms with Gasteiger partial charge in [0.15, 0.2) is 0 Å². The van der Waals surface area contributed by atoms with Crippen LogP contribution in [0, 0.1) is 5.92 Å². The molecule has 1 amide bonds. The van der Waals surface area contributed by atoms with Crippen LogP contribution >= 0.6 is 39.0 Å². The van der Waals surface area contributed by atoms with Gasteiger partial charge in [-0.2, -0.15) is 11.8 Å². The highest BCUT2D eigenvalue weighted by molar-refractivity contribution is 9.09. The molecule has 0 fully saturated rings. The summed E-state index contributed by atoms with van der Waals surface area (Å²) in [6.45, 7) is 4.98. The van der Waals surface area contributed by atoms with Crippen LogP contribution in [0.3, 0.4) is 0 Å². The van der Waals surface area contributed by atoms with Gasteiger partial charge in [0.05, 0.1) is 4.88 Å². The fraction of sp³-hybridized carbons (Fsp3) is 0.615. The first kappa shape index (κ1) is 14.4. The molecule has 100 valence electrons. The van der Waals surface area contributed by atoms with Crippen molar-refractivity contribution in [2.24, 2.45) is 5.92 Å². The molecule has 1 unspecified atom stereocenters. The SMILES string of the molecule is CC(C)C(Br)CNC(=O)c1cc2c(s1)CCSC2. The number of aryl methyl sites for hydroxylation is 1. The average Bonchev–Trinajstić information content (AvgIpc) is 2.79. The summed E-state index contributed by atoms with van der Waals surface area (Å²) >= 11 is 7.20. The van der Waals surface area contributed by atoms with Crippen LogP contribution in [-0.2, 0) is 12.2 Å². The molecule has 0 bridgehead atoms. The van der Waals surface area contributed by atoms with Gasteiger partial charge in [-0.25, -0.2) is 0 Å². The quantitative estimate of drug-likeness (QED) is 0.841. The zero-order chi connectivity index (χ0) is 13.1. The third-order valence-corrected chi connectivity index (χ3v) is 6.66. The first-order valence-electron chi connectivity index (χ1n) is 6.19. The lowest BCUT2D eigenvalue weighted by molar-refractivity contribution is 0.0957. The molecule has 1 aliphatic heterocycles. The first-order valence-corrected chi connectivity index (χ1v) is 9.08. The van der Waals surface area contributed by atoms with Crippen molar-refractivity contribution in [2.45, 2.75) is 30.8 Å². The summed E-state index contributed by atoms with van der Waals surface area (Å²) in [6.07, 6.45) is 1.12. The molecule has 1 aromatic heterocycles. The summed E-state index contributed by atoms with van der Waals surface area (Å²) in [5.41, 5.74) is 1.36. The van der Waals surface area contributed by atoms with Gasteiger partial charge in [0.2, 0.25) is 0 Å². The Morgan fingerprint density at radius 1 is 1.56 bits per heavy atom. The van der Waals surface area contributed by atoms with Crippen LogP contribution in [0.25, 0.3) is 0 Å². The van der Waals surface area contributed by atoms with E-state index in [0.29, 0.717) is 17.3 Å². The number of amides is 1. The number of hydrogen-bond donors (Lipinski definition) is 1. The Bertz CT molecular complexity index is 407. The number of fused-ring (bicyclic) bond motifs is 1. The van der Waals surface area contributed by atoms with Crippen LogP contribution in [0.1, 0.15) is 34.0 Å². The number of thiophene rings is 1. The highest BCUT2D eigenvalue weighted by Crippen LogP contribution is 2.31. The van der Waals surface area contributed by atoms with Crippen molar-refractivity contribution < 1.29 is 4.79 Å². The number of thioether (sulfide) groups is 1. The summed E-state index contributed by atoms with van der Waals surface area (Å²) in [7, 11) is 0. The summed E-state index contributed by atoms with van der Waals surface area (Å²) in [5.74, 6) is 2.85. The predicted molar refractivity (Wildman–Crippen MR) is 84.1 cm³/mol. The Balaban J connectivity index is 1.95. The van der Waals surface area contributed by atoms with Crippen molar-refractivity contribution in [1.29, 1.82) is 0 Å². The average molecular weight is 348 g/mol. The Kier molecular flexibility index (Phi) is 5.15. The third-order valence-electron chi connectivity index (χ3n) is 3.03. The van der Waals surface area contributed by atoms with E-state index in [-0.39, 0.29) is 5.91 Å². The van der Waals surface area contributed by atoms with Gasteiger partial charge in [0.25, 0.3) is 5.91 Å². The van der Waals surface area contributed by atoms with E-state index in [1.807, 2.05) is 11.8 Å². The van der Waals surface area contributed by atoms with Gasteiger partial charge in [-0.05, 0) is 29.7 Å². The highest BCUT2D eigenvalue weighted by atomic mass is 79.9. The second-order valence-electron chi connectivity index (χ2n) is 4.83. The molecular formula is C13H18BrNOS2. The molecule has 2 heterocycles. The number of carbonyl (C=O) groups is 1. The fourth-order valence-corrected chi connectivity index (χ4v) is 4.22. The lowest BCUT2D eigenvalue weighted by atomic mass is 10.1. The van der Waals surface area contributed by atoms with Gasteiger partial charge < -0.3 is 5.32 Å². The van der Waals surface area contributed by atoms with E-state index in [1.165, 1.54) is 16.2 Å². The summed E-state index contributed by atoms with van der Waals surface area (Å²) in [5, 5.41) is 3.01. The molecule has 0 aliphatic carbocycles. The number of carbonyl (C=O) groups excluding carboxylic acids is 1. The minimum Gasteiger partial charge on any atom is -0.350 e. The molecule has 0 saturated carbocycles. The highest BCUT2D eigenvalue weighted by Gasteiger charge is 2.18. The van der Waals surface area contributed by atoms with Gasteiger partial charge in [-0.3, -0.25) is 4.79 Å². The van der Waals surface area contributed by atoms with Gasteiger partial charge in [0, 0.05) is 22.0 Å². The molecule has 2 rings (SSSR count). The molecule has 0 spiro atoms. The molecule has 1 N–H and O–H groups in total. The number of halogens is 1. The maximum absolute atomic E-state index is 12.1. The van der Waals surface area contributed by atoms with Crippen LogP contribution in [0.5, 0.6) is 0 Å². The number of alkyl halides is 1. The van der Waals surface area contributed by atoms with Gasteiger partial charge in [-0.1, -0.05) is 29.8 Å². The molecule has 2 nitrogen and oxygen atoms in total. The number of rotatable bonds is 4. The minimum absolute atomic E-state index is 0.0736. The maximum atomic E-state index is 12.1. The Morgan fingerprint density at radius 3 is 3.00 bits per heavy atom. The van der Waals surface area contributed by atoms with Gasteiger partial charge in [-0.15, -0.1) is 11.3 Å². The number of hydrogen-bond acceptors (Lipinski definition) is 3. The minimum atomic E-state index is 0.0736. The normalized spacial score (nSPS) is 16.4. The van der Waals surface area contributed by atoms with Crippen molar-refractivity contribution >= 4 is 44.9 Å². The van der Waals surface area contributed by atoms with Crippen molar-refractivity contribution in [3.8, 4) is 0 Å². The zero-order valence-electron chi connectivity index (χ0n) is 10.7. The van der Waals surface area contributed by atoms with Crippen LogP contribution < -0.4 is 5.32 Å². The van der Waals surface area contributed by atoms with Crippen LogP contribution in [0.4, 0.5) is 0 Å². The second kappa shape index (κ2) is 6.44. The molecule has 1 aromatic rings. The fourth-order valence-electron chi connectivity index (χ4n) is 1.77. The van der Waals surface area contributed by atoms with Crippen molar-refractivity contribution in [3.05, 3.63) is 21.4 Å². The van der Waals surface area contributed by atoms with E-state index in [9.17, 15) is 4.79 Å². The van der Waals surface area contributed by atoms with Crippen molar-refractivity contribution in [1.82, 2.24) is 5.32 Å². The van der Waals surface area contributed by atoms with Crippen LogP contribution in [0.2, 0.25) is 0 Å². The van der Waals surface area contributed by atoms with E-state index in [1.54, 1.807) is 11.3 Å². The summed E-state index contributed by atoms with van der Waals surface area (Å²) < 4.78 is 0. The lowest BCUT2D eigenvalue weighted by Gasteiger charge is -2.13. The van der Waals surface area contributed by atoms with E-state index < -0.39 is 0 Å². The first-order chi connectivity index (χ1) is 8.58. The summed E-state index contributed by atoms with van der Waals surface area (Å²) in [6, 6.07) is 2.07. The molecule has 0 saturated heterocycles. The van der Waals surface area contributed by atoms with Crippen LogP contribution in [0.15, 0.2) is 6.07 Å². The van der Waals surface area contributed by atoms with Crippen molar-refractivity contribution in [3.63, 3.8) is 0 Å². The molecule has 1 aliphatic rings. The van der Waals surface area contributed by atoms with E-state index >= 15 is 0 Å². The molecule has 18 heavy (non-hydrogen) atoms. The van der Waals surface area contributed by atoms with Gasteiger partial charge in [0.1, 0.15) is 0 Å². The topological polar surface area (TPSA) is 29.1 Å². The maximum Gasteiger partial charge on any atom is 0.261 e. The molecule has 0 aromatic carbocycles.